The summed E-state index contributed by atoms with van der Waals surface area (Å²) in [4.78, 5) is 0. The van der Waals surface area contributed by atoms with E-state index >= 15 is 0 Å². The summed E-state index contributed by atoms with van der Waals surface area (Å²) in [5.41, 5.74) is 7.26. The Morgan fingerprint density at radius 1 is 1.30 bits per heavy atom. The summed E-state index contributed by atoms with van der Waals surface area (Å²) < 4.78 is 19.6. The molecule has 114 valence electrons. The van der Waals surface area contributed by atoms with Gasteiger partial charge in [0.25, 0.3) is 0 Å². The lowest BCUT2D eigenvalue weighted by Gasteiger charge is -2.19. The Morgan fingerprint density at radius 2 is 2.00 bits per heavy atom. The average molecular weight is 281 g/mol. The molecular formula is C17H28FNO. The number of ether oxygens (including phenoxy) is 1. The quantitative estimate of drug-likeness (QED) is 0.746. The molecule has 0 aliphatic carbocycles. The van der Waals surface area contributed by atoms with Crippen molar-refractivity contribution in [3.63, 3.8) is 0 Å². The smallest absolute Gasteiger partial charge is 0.126 e. The van der Waals surface area contributed by atoms with Crippen LogP contribution in [0.15, 0.2) is 12.1 Å². The van der Waals surface area contributed by atoms with E-state index in [1.165, 1.54) is 25.3 Å². The highest BCUT2D eigenvalue weighted by atomic mass is 19.1. The van der Waals surface area contributed by atoms with Crippen molar-refractivity contribution in [2.24, 2.45) is 11.7 Å². The van der Waals surface area contributed by atoms with Gasteiger partial charge in [-0.1, -0.05) is 33.1 Å². The Hall–Kier alpha value is -1.09. The van der Waals surface area contributed by atoms with Gasteiger partial charge in [0.1, 0.15) is 11.6 Å². The highest BCUT2D eigenvalue weighted by Gasteiger charge is 2.14. The molecule has 2 nitrogen and oxygen atoms in total. The number of hydrogen-bond donors (Lipinski definition) is 1. The molecule has 0 saturated carbocycles. The molecular weight excluding hydrogens is 253 g/mol. The molecule has 2 atom stereocenters. The summed E-state index contributed by atoms with van der Waals surface area (Å²) in [5.74, 6) is 1.07. The topological polar surface area (TPSA) is 35.2 Å². The summed E-state index contributed by atoms with van der Waals surface area (Å²) in [7, 11) is 0. The first kappa shape index (κ1) is 17.0. The monoisotopic (exact) mass is 281 g/mol. The molecule has 0 bridgehead atoms. The summed E-state index contributed by atoms with van der Waals surface area (Å²) in [6.45, 7) is 8.67. The van der Waals surface area contributed by atoms with Crippen LogP contribution in [-0.2, 0) is 0 Å². The number of aryl methyl sites for hydroxylation is 1. The predicted molar refractivity (Wildman–Crippen MR) is 82.5 cm³/mol. The van der Waals surface area contributed by atoms with Crippen LogP contribution in [0.3, 0.4) is 0 Å². The van der Waals surface area contributed by atoms with Crippen molar-refractivity contribution in [2.75, 3.05) is 6.61 Å². The third-order valence-electron chi connectivity index (χ3n) is 3.80. The highest BCUT2D eigenvalue weighted by Crippen LogP contribution is 2.28. The van der Waals surface area contributed by atoms with Gasteiger partial charge in [0.05, 0.1) is 6.61 Å². The minimum Gasteiger partial charge on any atom is -0.493 e. The molecule has 0 spiro atoms. The van der Waals surface area contributed by atoms with Crippen LogP contribution in [0.25, 0.3) is 0 Å². The van der Waals surface area contributed by atoms with Gasteiger partial charge in [-0.3, -0.25) is 0 Å². The first-order chi connectivity index (χ1) is 9.49. The molecule has 1 aromatic rings. The minimum absolute atomic E-state index is 0.220. The second kappa shape index (κ2) is 8.25. The molecule has 0 aliphatic heterocycles. The van der Waals surface area contributed by atoms with Crippen molar-refractivity contribution in [3.8, 4) is 5.75 Å². The number of rotatable bonds is 8. The molecule has 2 N–H and O–H groups in total. The SMILES string of the molecule is CCCCC(CC)COc1cc(C)c(F)cc1[C@H](C)N. The Kier molecular flexibility index (Phi) is 7.00. The number of benzene rings is 1. The van der Waals surface area contributed by atoms with Crippen molar-refractivity contribution in [3.05, 3.63) is 29.1 Å². The third kappa shape index (κ3) is 4.78. The van der Waals surface area contributed by atoms with Crippen LogP contribution < -0.4 is 10.5 Å². The zero-order chi connectivity index (χ0) is 15.1. The van der Waals surface area contributed by atoms with Gasteiger partial charge in [-0.2, -0.15) is 0 Å². The van der Waals surface area contributed by atoms with E-state index in [0.717, 1.165) is 17.7 Å². The predicted octanol–water partition coefficient (Wildman–Crippen LogP) is 4.75. The van der Waals surface area contributed by atoms with Crippen molar-refractivity contribution >= 4 is 0 Å². The van der Waals surface area contributed by atoms with Crippen molar-refractivity contribution in [1.29, 1.82) is 0 Å². The lowest BCUT2D eigenvalue weighted by Crippen LogP contribution is -2.14. The molecule has 1 rings (SSSR count). The first-order valence-electron chi connectivity index (χ1n) is 7.67. The zero-order valence-corrected chi connectivity index (χ0v) is 13.2. The molecule has 1 unspecified atom stereocenters. The fraction of sp³-hybridized carbons (Fsp3) is 0.647. The summed E-state index contributed by atoms with van der Waals surface area (Å²) in [5, 5.41) is 0. The van der Waals surface area contributed by atoms with Gasteiger partial charge >= 0.3 is 0 Å². The van der Waals surface area contributed by atoms with Crippen molar-refractivity contribution in [1.82, 2.24) is 0 Å². The second-order valence-electron chi connectivity index (χ2n) is 5.66. The maximum absolute atomic E-state index is 13.6. The molecule has 0 fully saturated rings. The summed E-state index contributed by atoms with van der Waals surface area (Å²) in [6.07, 6.45) is 4.72. The fourth-order valence-corrected chi connectivity index (χ4v) is 2.26. The van der Waals surface area contributed by atoms with Gasteiger partial charge in [-0.05, 0) is 43.9 Å². The lowest BCUT2D eigenvalue weighted by molar-refractivity contribution is 0.230. The Bertz CT molecular complexity index is 418. The highest BCUT2D eigenvalue weighted by molar-refractivity contribution is 5.39. The number of unbranched alkanes of at least 4 members (excludes halogenated alkanes) is 1. The summed E-state index contributed by atoms with van der Waals surface area (Å²) >= 11 is 0. The largest absolute Gasteiger partial charge is 0.493 e. The molecule has 1 aromatic carbocycles. The van der Waals surface area contributed by atoms with E-state index in [0.29, 0.717) is 18.1 Å². The van der Waals surface area contributed by atoms with Gasteiger partial charge in [-0.15, -0.1) is 0 Å². The van der Waals surface area contributed by atoms with Gasteiger partial charge in [0.15, 0.2) is 0 Å². The van der Waals surface area contributed by atoms with Gasteiger partial charge in [0, 0.05) is 11.6 Å². The van der Waals surface area contributed by atoms with Crippen LogP contribution in [0.1, 0.15) is 63.6 Å². The minimum atomic E-state index is -0.226. The van der Waals surface area contributed by atoms with E-state index < -0.39 is 0 Å². The van der Waals surface area contributed by atoms with E-state index in [4.69, 9.17) is 10.5 Å². The Balaban J connectivity index is 2.77. The molecule has 20 heavy (non-hydrogen) atoms. The van der Waals surface area contributed by atoms with Crippen LogP contribution in [0.2, 0.25) is 0 Å². The number of hydrogen-bond acceptors (Lipinski definition) is 2. The van der Waals surface area contributed by atoms with Gasteiger partial charge in [0.2, 0.25) is 0 Å². The van der Waals surface area contributed by atoms with Crippen LogP contribution in [0.4, 0.5) is 4.39 Å². The lowest BCUT2D eigenvalue weighted by atomic mass is 10.0. The van der Waals surface area contributed by atoms with Crippen LogP contribution in [-0.4, -0.2) is 6.61 Å². The van der Waals surface area contributed by atoms with Crippen LogP contribution >= 0.6 is 0 Å². The normalized spacial score (nSPS) is 14.1. The van der Waals surface area contributed by atoms with Gasteiger partial charge in [-0.25, -0.2) is 4.39 Å². The van der Waals surface area contributed by atoms with Gasteiger partial charge < -0.3 is 10.5 Å². The van der Waals surface area contributed by atoms with E-state index in [1.54, 1.807) is 13.0 Å². The van der Waals surface area contributed by atoms with E-state index in [2.05, 4.69) is 13.8 Å². The molecule has 0 amide bonds. The van der Waals surface area contributed by atoms with E-state index in [1.807, 2.05) is 6.92 Å². The molecule has 0 heterocycles. The molecule has 0 saturated heterocycles. The van der Waals surface area contributed by atoms with E-state index in [9.17, 15) is 4.39 Å². The molecule has 0 radical (unpaired) electrons. The Morgan fingerprint density at radius 3 is 2.55 bits per heavy atom. The molecule has 3 heteroatoms. The van der Waals surface area contributed by atoms with Crippen molar-refractivity contribution < 1.29 is 9.13 Å². The molecule has 0 aliphatic rings. The Labute approximate surface area is 122 Å². The maximum Gasteiger partial charge on any atom is 0.126 e. The summed E-state index contributed by atoms with van der Waals surface area (Å²) in [6, 6.07) is 3.04. The number of halogens is 1. The first-order valence-corrected chi connectivity index (χ1v) is 7.67. The average Bonchev–Trinajstić information content (AvgIpc) is 2.42. The third-order valence-corrected chi connectivity index (χ3v) is 3.80. The zero-order valence-electron chi connectivity index (χ0n) is 13.2. The fourth-order valence-electron chi connectivity index (χ4n) is 2.26. The van der Waals surface area contributed by atoms with Crippen LogP contribution in [0, 0.1) is 18.7 Å². The standard InChI is InChI=1S/C17H28FNO/c1-5-7-8-14(6-2)11-20-17-9-12(3)16(18)10-15(17)13(4)19/h9-10,13-14H,5-8,11,19H2,1-4H3/t13-,14?/m0/s1. The van der Waals surface area contributed by atoms with Crippen molar-refractivity contribution in [2.45, 2.75) is 59.4 Å². The van der Waals surface area contributed by atoms with E-state index in [-0.39, 0.29) is 11.9 Å². The van der Waals surface area contributed by atoms with Crippen LogP contribution in [0.5, 0.6) is 5.75 Å². The second-order valence-corrected chi connectivity index (χ2v) is 5.66. The molecule has 0 aromatic heterocycles. The maximum atomic E-state index is 13.6. The number of nitrogens with two attached hydrogens (primary N) is 1.